The number of benzene rings is 1. The van der Waals surface area contributed by atoms with Crippen molar-refractivity contribution in [3.63, 3.8) is 0 Å². The fourth-order valence-corrected chi connectivity index (χ4v) is 1.77. The van der Waals surface area contributed by atoms with Gasteiger partial charge in [0, 0.05) is 19.0 Å². The van der Waals surface area contributed by atoms with Crippen LogP contribution in [0.2, 0.25) is 0 Å². The largest absolute Gasteiger partial charge is 0.466 e. The molecule has 0 saturated heterocycles. The van der Waals surface area contributed by atoms with Crippen LogP contribution in [-0.4, -0.2) is 25.0 Å². The lowest BCUT2D eigenvalue weighted by Gasteiger charge is -2.02. The van der Waals surface area contributed by atoms with Gasteiger partial charge >= 0.3 is 5.97 Å². The van der Waals surface area contributed by atoms with Gasteiger partial charge in [0.1, 0.15) is 0 Å². The van der Waals surface area contributed by atoms with Gasteiger partial charge in [-0.2, -0.15) is 0 Å². The fraction of sp³-hybridized carbons (Fsp3) is 0.333. The number of hydrogen-bond donors (Lipinski definition) is 1. The van der Waals surface area contributed by atoms with Gasteiger partial charge in [-0.3, -0.25) is 9.59 Å². The van der Waals surface area contributed by atoms with E-state index in [2.05, 4.69) is 5.32 Å². The molecule has 1 aromatic carbocycles. The van der Waals surface area contributed by atoms with Crippen LogP contribution in [0.4, 0.5) is 0 Å². The first-order valence-electron chi connectivity index (χ1n) is 7.55. The highest BCUT2D eigenvalue weighted by Crippen LogP contribution is 2.00. The molecule has 118 valence electrons. The van der Waals surface area contributed by atoms with E-state index in [1.54, 1.807) is 13.0 Å². The number of carbonyl (C=O) groups is 2. The Morgan fingerprint density at radius 2 is 1.91 bits per heavy atom. The number of esters is 1. The molecule has 0 aliphatic rings. The summed E-state index contributed by atoms with van der Waals surface area (Å²) in [5.41, 5.74) is 1.09. The van der Waals surface area contributed by atoms with Crippen molar-refractivity contribution in [2.24, 2.45) is 0 Å². The summed E-state index contributed by atoms with van der Waals surface area (Å²) in [5.74, 6) is -0.311. The van der Waals surface area contributed by atoms with Crippen LogP contribution in [-0.2, 0) is 14.3 Å². The number of allylic oxidation sites excluding steroid dienone is 2. The van der Waals surface area contributed by atoms with Gasteiger partial charge in [0.15, 0.2) is 0 Å². The van der Waals surface area contributed by atoms with Crippen LogP contribution < -0.4 is 5.32 Å². The molecule has 0 aromatic heterocycles. The van der Waals surface area contributed by atoms with E-state index in [0.29, 0.717) is 19.6 Å². The summed E-state index contributed by atoms with van der Waals surface area (Å²) in [7, 11) is 0. The van der Waals surface area contributed by atoms with Crippen molar-refractivity contribution in [1.29, 1.82) is 0 Å². The molecule has 1 rings (SSSR count). The predicted octanol–water partition coefficient (Wildman–Crippen LogP) is 3.11. The zero-order chi connectivity index (χ0) is 16.0. The third-order valence-electron chi connectivity index (χ3n) is 2.86. The zero-order valence-corrected chi connectivity index (χ0v) is 13.0. The highest BCUT2D eigenvalue weighted by atomic mass is 16.5. The lowest BCUT2D eigenvalue weighted by Crippen LogP contribution is -2.22. The minimum absolute atomic E-state index is 0.131. The molecule has 0 unspecified atom stereocenters. The number of hydrogen-bond acceptors (Lipinski definition) is 3. The maximum Gasteiger partial charge on any atom is 0.305 e. The SMILES string of the molecule is CCOC(=O)CCCCNC(=O)/C=C\C=C\c1ccccc1. The van der Waals surface area contributed by atoms with Crippen LogP contribution in [0, 0.1) is 0 Å². The topological polar surface area (TPSA) is 55.4 Å². The maximum atomic E-state index is 11.5. The summed E-state index contributed by atoms with van der Waals surface area (Å²) in [5, 5.41) is 2.78. The van der Waals surface area contributed by atoms with Crippen molar-refractivity contribution in [3.05, 3.63) is 54.1 Å². The van der Waals surface area contributed by atoms with Crippen LogP contribution in [0.25, 0.3) is 6.08 Å². The van der Waals surface area contributed by atoms with Crippen molar-refractivity contribution >= 4 is 18.0 Å². The standard InChI is InChI=1S/C18H23NO3/c1-2-22-18(21)14-8-9-15-19-17(20)13-7-6-12-16-10-4-3-5-11-16/h3-7,10-13H,2,8-9,14-15H2,1H3,(H,19,20)/b12-6+,13-7-. The van der Waals surface area contributed by atoms with Gasteiger partial charge in [0.25, 0.3) is 0 Å². The molecule has 0 aliphatic heterocycles. The van der Waals surface area contributed by atoms with Gasteiger partial charge in [0.2, 0.25) is 5.91 Å². The van der Waals surface area contributed by atoms with E-state index in [1.165, 1.54) is 6.08 Å². The monoisotopic (exact) mass is 301 g/mol. The van der Waals surface area contributed by atoms with E-state index in [-0.39, 0.29) is 11.9 Å². The Kier molecular flexibility index (Phi) is 9.10. The minimum Gasteiger partial charge on any atom is -0.466 e. The molecule has 22 heavy (non-hydrogen) atoms. The Balaban J connectivity index is 2.12. The van der Waals surface area contributed by atoms with E-state index in [9.17, 15) is 9.59 Å². The number of carbonyl (C=O) groups excluding carboxylic acids is 2. The summed E-state index contributed by atoms with van der Waals surface area (Å²) < 4.78 is 4.83. The molecular weight excluding hydrogens is 278 g/mol. The Hall–Kier alpha value is -2.36. The normalized spacial score (nSPS) is 11.0. The summed E-state index contributed by atoms with van der Waals surface area (Å²) in [6.45, 7) is 2.76. The third kappa shape index (κ3) is 8.74. The first kappa shape index (κ1) is 17.7. The molecule has 4 nitrogen and oxygen atoms in total. The highest BCUT2D eigenvalue weighted by molar-refractivity contribution is 5.87. The Morgan fingerprint density at radius 1 is 1.14 bits per heavy atom. The van der Waals surface area contributed by atoms with Gasteiger partial charge < -0.3 is 10.1 Å². The van der Waals surface area contributed by atoms with Gasteiger partial charge in [-0.05, 0) is 25.3 Å². The Morgan fingerprint density at radius 3 is 2.64 bits per heavy atom. The number of amides is 1. The molecule has 1 aromatic rings. The molecule has 0 fully saturated rings. The highest BCUT2D eigenvalue weighted by Gasteiger charge is 2.00. The second kappa shape index (κ2) is 11.3. The smallest absolute Gasteiger partial charge is 0.305 e. The number of nitrogens with one attached hydrogen (secondary N) is 1. The van der Waals surface area contributed by atoms with Crippen LogP contribution >= 0.6 is 0 Å². The first-order valence-corrected chi connectivity index (χ1v) is 7.55. The quantitative estimate of drug-likeness (QED) is 0.330. The summed E-state index contributed by atoms with van der Waals surface area (Å²) >= 11 is 0. The van der Waals surface area contributed by atoms with Crippen LogP contribution in [0.15, 0.2) is 48.6 Å². The van der Waals surface area contributed by atoms with E-state index in [1.807, 2.05) is 42.5 Å². The van der Waals surface area contributed by atoms with E-state index < -0.39 is 0 Å². The van der Waals surface area contributed by atoms with Gasteiger partial charge in [-0.1, -0.05) is 48.6 Å². The first-order chi connectivity index (χ1) is 10.7. The summed E-state index contributed by atoms with van der Waals surface area (Å²) in [6, 6.07) is 9.88. The van der Waals surface area contributed by atoms with Crippen molar-refractivity contribution in [2.45, 2.75) is 26.2 Å². The third-order valence-corrected chi connectivity index (χ3v) is 2.86. The lowest BCUT2D eigenvalue weighted by molar-refractivity contribution is -0.143. The average Bonchev–Trinajstić information content (AvgIpc) is 2.52. The molecule has 1 N–H and O–H groups in total. The van der Waals surface area contributed by atoms with Crippen LogP contribution in [0.3, 0.4) is 0 Å². The Labute approximate surface area is 131 Å². The molecule has 0 atom stereocenters. The average molecular weight is 301 g/mol. The zero-order valence-electron chi connectivity index (χ0n) is 13.0. The molecule has 1 amide bonds. The maximum absolute atomic E-state index is 11.5. The fourth-order valence-electron chi connectivity index (χ4n) is 1.77. The Bertz CT molecular complexity index is 506. The van der Waals surface area contributed by atoms with E-state index in [4.69, 9.17) is 4.74 Å². The van der Waals surface area contributed by atoms with Crippen LogP contribution in [0.1, 0.15) is 31.7 Å². The van der Waals surface area contributed by atoms with Crippen molar-refractivity contribution in [3.8, 4) is 0 Å². The molecule has 0 spiro atoms. The lowest BCUT2D eigenvalue weighted by atomic mass is 10.2. The second-order valence-electron chi connectivity index (χ2n) is 4.68. The molecule has 0 bridgehead atoms. The van der Waals surface area contributed by atoms with Gasteiger partial charge in [0.05, 0.1) is 6.61 Å². The van der Waals surface area contributed by atoms with Gasteiger partial charge in [-0.25, -0.2) is 0 Å². The van der Waals surface area contributed by atoms with Gasteiger partial charge in [-0.15, -0.1) is 0 Å². The number of rotatable bonds is 9. The summed E-state index contributed by atoms with van der Waals surface area (Å²) in [4.78, 5) is 22.6. The number of ether oxygens (including phenoxy) is 1. The number of unbranched alkanes of at least 4 members (excludes halogenated alkanes) is 1. The second-order valence-corrected chi connectivity index (χ2v) is 4.68. The van der Waals surface area contributed by atoms with E-state index >= 15 is 0 Å². The molecule has 0 radical (unpaired) electrons. The van der Waals surface area contributed by atoms with Crippen molar-refractivity contribution in [2.75, 3.05) is 13.2 Å². The van der Waals surface area contributed by atoms with Crippen LogP contribution in [0.5, 0.6) is 0 Å². The van der Waals surface area contributed by atoms with Crippen molar-refractivity contribution in [1.82, 2.24) is 5.32 Å². The minimum atomic E-state index is -0.181. The summed E-state index contributed by atoms with van der Waals surface area (Å²) in [6.07, 6.45) is 8.85. The molecule has 0 saturated carbocycles. The molecule has 0 aliphatic carbocycles. The predicted molar refractivity (Wildman–Crippen MR) is 88.1 cm³/mol. The van der Waals surface area contributed by atoms with E-state index in [0.717, 1.165) is 18.4 Å². The molecular formula is C18H23NO3. The van der Waals surface area contributed by atoms with Crippen molar-refractivity contribution < 1.29 is 14.3 Å². The molecule has 0 heterocycles. The molecule has 4 heteroatoms.